The molecule has 2 heterocycles. The molecule has 0 aliphatic carbocycles. The number of furan rings is 1. The van der Waals surface area contributed by atoms with Crippen LogP contribution in [0.15, 0.2) is 211 Å². The van der Waals surface area contributed by atoms with Gasteiger partial charge in [-0.3, -0.25) is 0 Å². The molecule has 0 aliphatic rings. The van der Waals surface area contributed by atoms with Crippen molar-refractivity contribution >= 4 is 43.5 Å². The number of hydrogen-bond donors (Lipinski definition) is 0. The van der Waals surface area contributed by atoms with Gasteiger partial charge in [-0.1, -0.05) is 170 Å². The van der Waals surface area contributed by atoms with Crippen LogP contribution in [0.25, 0.3) is 111 Å². The Kier molecular flexibility index (Phi) is 7.82. The zero-order chi connectivity index (χ0) is 37.7. The van der Waals surface area contributed by atoms with E-state index in [2.05, 4.69) is 194 Å². The molecule has 0 bridgehead atoms. The van der Waals surface area contributed by atoms with Crippen LogP contribution >= 0.6 is 0 Å². The maximum absolute atomic E-state index is 6.78. The van der Waals surface area contributed by atoms with Gasteiger partial charge < -0.3 is 4.42 Å². The molecule has 0 amide bonds. The highest BCUT2D eigenvalue weighted by atomic mass is 16.3. The van der Waals surface area contributed by atoms with E-state index in [9.17, 15) is 0 Å². The van der Waals surface area contributed by atoms with E-state index in [1.807, 2.05) is 12.1 Å². The Balaban J connectivity index is 1.04. The molecule has 0 saturated heterocycles. The first kappa shape index (κ1) is 32.8. The molecule has 0 unspecified atom stereocenters. The summed E-state index contributed by atoms with van der Waals surface area (Å²) < 4.78 is 6.78. The van der Waals surface area contributed by atoms with Crippen molar-refractivity contribution in [2.45, 2.75) is 0 Å². The molecular weight excluding hydrogens is 693 g/mol. The lowest BCUT2D eigenvalue weighted by Crippen LogP contribution is -1.96. The summed E-state index contributed by atoms with van der Waals surface area (Å²) in [5, 5.41) is 6.96. The lowest BCUT2D eigenvalue weighted by molar-refractivity contribution is 0.670. The van der Waals surface area contributed by atoms with Crippen molar-refractivity contribution < 1.29 is 4.42 Å². The van der Waals surface area contributed by atoms with Crippen LogP contribution in [0.5, 0.6) is 0 Å². The molecule has 266 valence electrons. The first-order chi connectivity index (χ1) is 28.2. The van der Waals surface area contributed by atoms with E-state index in [1.165, 1.54) is 32.8 Å². The monoisotopic (exact) mass is 726 g/mol. The topological polar surface area (TPSA) is 38.9 Å². The third-order valence-corrected chi connectivity index (χ3v) is 11.1. The van der Waals surface area contributed by atoms with Crippen molar-refractivity contribution in [1.82, 2.24) is 9.97 Å². The van der Waals surface area contributed by atoms with Crippen LogP contribution in [0.2, 0.25) is 0 Å². The molecule has 3 heteroatoms. The zero-order valence-corrected chi connectivity index (χ0v) is 30.9. The molecule has 11 rings (SSSR count). The van der Waals surface area contributed by atoms with Gasteiger partial charge in [-0.25, -0.2) is 9.97 Å². The average Bonchev–Trinajstić information content (AvgIpc) is 3.68. The fraction of sp³-hybridized carbons (Fsp3) is 0. The van der Waals surface area contributed by atoms with Gasteiger partial charge in [0.15, 0.2) is 5.82 Å². The van der Waals surface area contributed by atoms with Crippen molar-refractivity contribution in [2.24, 2.45) is 0 Å². The normalized spacial score (nSPS) is 11.5. The summed E-state index contributed by atoms with van der Waals surface area (Å²) >= 11 is 0. The van der Waals surface area contributed by atoms with Crippen LogP contribution in [-0.2, 0) is 0 Å². The summed E-state index contributed by atoms with van der Waals surface area (Å²) in [6.07, 6.45) is 0. The molecule has 9 aromatic carbocycles. The maximum Gasteiger partial charge on any atom is 0.160 e. The van der Waals surface area contributed by atoms with E-state index < -0.39 is 0 Å². The average molecular weight is 727 g/mol. The van der Waals surface area contributed by atoms with Crippen molar-refractivity contribution in [3.8, 4) is 67.3 Å². The number of hydrogen-bond acceptors (Lipinski definition) is 3. The molecule has 0 spiro atoms. The molecule has 11 aromatic rings. The van der Waals surface area contributed by atoms with E-state index >= 15 is 0 Å². The minimum absolute atomic E-state index is 0.681. The van der Waals surface area contributed by atoms with E-state index in [1.54, 1.807) is 0 Å². The third-order valence-electron chi connectivity index (χ3n) is 11.1. The molecule has 0 N–H and O–H groups in total. The van der Waals surface area contributed by atoms with Gasteiger partial charge in [0, 0.05) is 33.0 Å². The van der Waals surface area contributed by atoms with Gasteiger partial charge in [0.1, 0.15) is 11.2 Å². The zero-order valence-electron chi connectivity index (χ0n) is 30.9. The van der Waals surface area contributed by atoms with Crippen LogP contribution < -0.4 is 0 Å². The second-order valence-electron chi connectivity index (χ2n) is 14.6. The van der Waals surface area contributed by atoms with E-state index in [0.29, 0.717) is 5.82 Å². The SMILES string of the molecule is c1ccc(-c2ccc(-c3cc4ccccc4c4c3oc3ccc(-c5cc(-c6ccccc6)nc(-c6ccc(-c7ccc8ccccc8c7)cc6)n5)cc34)cc2)cc1. The Bertz CT molecular complexity index is 3260. The van der Waals surface area contributed by atoms with Gasteiger partial charge in [0.2, 0.25) is 0 Å². The van der Waals surface area contributed by atoms with Crippen LogP contribution in [0.1, 0.15) is 0 Å². The highest BCUT2D eigenvalue weighted by Gasteiger charge is 2.18. The number of benzene rings is 9. The van der Waals surface area contributed by atoms with Gasteiger partial charge in [0.05, 0.1) is 11.4 Å². The van der Waals surface area contributed by atoms with Crippen LogP contribution in [-0.4, -0.2) is 9.97 Å². The highest BCUT2D eigenvalue weighted by Crippen LogP contribution is 2.43. The lowest BCUT2D eigenvalue weighted by Gasteiger charge is -2.11. The quantitative estimate of drug-likeness (QED) is 0.171. The highest BCUT2D eigenvalue weighted by molar-refractivity contribution is 6.23. The van der Waals surface area contributed by atoms with Crippen molar-refractivity contribution in [1.29, 1.82) is 0 Å². The minimum Gasteiger partial charge on any atom is -0.455 e. The van der Waals surface area contributed by atoms with Gasteiger partial charge in [0.25, 0.3) is 0 Å². The second kappa shape index (κ2) is 13.6. The van der Waals surface area contributed by atoms with E-state index in [0.717, 1.165) is 72.1 Å². The van der Waals surface area contributed by atoms with Gasteiger partial charge in [-0.15, -0.1) is 0 Å². The number of fused-ring (bicyclic) bond motifs is 6. The van der Waals surface area contributed by atoms with Crippen LogP contribution in [0, 0.1) is 0 Å². The number of aromatic nitrogens is 2. The van der Waals surface area contributed by atoms with E-state index in [-0.39, 0.29) is 0 Å². The van der Waals surface area contributed by atoms with Crippen molar-refractivity contribution in [3.05, 3.63) is 206 Å². The number of nitrogens with zero attached hydrogens (tertiary/aromatic N) is 2. The molecule has 0 saturated carbocycles. The Morgan fingerprint density at radius 3 is 1.61 bits per heavy atom. The summed E-state index contributed by atoms with van der Waals surface area (Å²) in [5.41, 5.74) is 13.4. The molecule has 0 atom stereocenters. The van der Waals surface area contributed by atoms with Crippen LogP contribution in [0.3, 0.4) is 0 Å². The molecule has 0 aliphatic heterocycles. The molecular formula is C54H34N2O. The Morgan fingerprint density at radius 2 is 0.860 bits per heavy atom. The first-order valence-corrected chi connectivity index (χ1v) is 19.3. The summed E-state index contributed by atoms with van der Waals surface area (Å²) in [7, 11) is 0. The molecule has 0 fully saturated rings. The first-order valence-electron chi connectivity index (χ1n) is 19.3. The van der Waals surface area contributed by atoms with Crippen molar-refractivity contribution in [2.75, 3.05) is 0 Å². The van der Waals surface area contributed by atoms with Gasteiger partial charge in [-0.2, -0.15) is 0 Å². The minimum atomic E-state index is 0.681. The largest absolute Gasteiger partial charge is 0.455 e. The number of rotatable bonds is 6. The van der Waals surface area contributed by atoms with E-state index in [4.69, 9.17) is 14.4 Å². The second-order valence-corrected chi connectivity index (χ2v) is 14.6. The Hall–Kier alpha value is -7.62. The summed E-state index contributed by atoms with van der Waals surface area (Å²) in [6, 6.07) is 72.7. The third kappa shape index (κ3) is 5.94. The standard InChI is InChI=1S/C54H34N2O/c1-3-11-35(12-4-1)37-19-24-39(25-20-37)47-32-44-17-9-10-18-46(44)52-48-33-45(29-30-51(48)57-53(47)52)50-34-49(40-14-5-2-6-15-40)55-54(56-50)41-26-21-38(22-27-41)43-28-23-36-13-7-8-16-42(36)31-43/h1-34H. The van der Waals surface area contributed by atoms with Crippen molar-refractivity contribution in [3.63, 3.8) is 0 Å². The molecule has 2 aromatic heterocycles. The fourth-order valence-corrected chi connectivity index (χ4v) is 8.13. The Labute approximate surface area is 330 Å². The molecule has 57 heavy (non-hydrogen) atoms. The summed E-state index contributed by atoms with van der Waals surface area (Å²) in [4.78, 5) is 10.4. The molecule has 0 radical (unpaired) electrons. The predicted molar refractivity (Wildman–Crippen MR) is 237 cm³/mol. The lowest BCUT2D eigenvalue weighted by atomic mass is 9.94. The fourth-order valence-electron chi connectivity index (χ4n) is 8.13. The maximum atomic E-state index is 6.78. The van der Waals surface area contributed by atoms with Gasteiger partial charge >= 0.3 is 0 Å². The molecule has 3 nitrogen and oxygen atoms in total. The summed E-state index contributed by atoms with van der Waals surface area (Å²) in [6.45, 7) is 0. The summed E-state index contributed by atoms with van der Waals surface area (Å²) in [5.74, 6) is 0.681. The van der Waals surface area contributed by atoms with Gasteiger partial charge in [-0.05, 0) is 85.8 Å². The Morgan fingerprint density at radius 1 is 0.316 bits per heavy atom. The van der Waals surface area contributed by atoms with Crippen LogP contribution in [0.4, 0.5) is 0 Å². The predicted octanol–water partition coefficient (Wildman–Crippen LogP) is 14.7. The smallest absolute Gasteiger partial charge is 0.160 e.